The molecule has 2 aromatic heterocycles. The van der Waals surface area contributed by atoms with Crippen molar-refractivity contribution in [1.82, 2.24) is 68.7 Å². The van der Waals surface area contributed by atoms with Gasteiger partial charge in [-0.25, -0.2) is 14.6 Å². The number of nitrogens with one attached hydrogen (secondary N) is 13. The fraction of sp³-hybridized carbons (Fsp3) is 0.375. The summed E-state index contributed by atoms with van der Waals surface area (Å²) in [5, 5.41) is 45.3. The molecular formula is C64H82FN17O13. The number of guanidine groups is 1. The number of primary amides is 2. The van der Waals surface area contributed by atoms with E-state index < -0.39 is 138 Å². The predicted molar refractivity (Wildman–Crippen MR) is 348 cm³/mol. The SMILES string of the molecule is CN=C(N)NCCC[C@H](NC(=O)[C@H](CC(C)C)NC(=O)NNC(=O)[C@H](Cc1ccc(F)cc1)NC(=O)[C@@H](NC(=O)[C@H](CC(N)=O)NC(=O)[C@@H](Cc1c[nH]c2ccccc12)NC(=O)[C@@H](Cc1ccc(O)cc1)NC(C)=O)[C@@H](C)O)C(=O)N[C@@H](Cc1c[nH]c2ccccc12)C(N)=O. The molecule has 31 heteroatoms. The van der Waals surface area contributed by atoms with Crippen molar-refractivity contribution in [2.75, 3.05) is 13.6 Å². The van der Waals surface area contributed by atoms with E-state index in [0.717, 1.165) is 30.0 Å². The number of aliphatic hydroxyl groups is 1. The van der Waals surface area contributed by atoms with Crippen molar-refractivity contribution in [2.24, 2.45) is 28.1 Å². The van der Waals surface area contributed by atoms with Gasteiger partial charge in [0.2, 0.25) is 53.2 Å². The number of carbonyl (C=O) groups is 11. The lowest BCUT2D eigenvalue weighted by atomic mass is 10.0. The van der Waals surface area contributed by atoms with Crippen LogP contribution in [0.15, 0.2) is 114 Å². The zero-order valence-electron chi connectivity index (χ0n) is 53.0. The number of aromatic hydroxyl groups is 1. The molecule has 0 spiro atoms. The molecule has 508 valence electrons. The van der Waals surface area contributed by atoms with Crippen LogP contribution in [0.25, 0.3) is 21.8 Å². The van der Waals surface area contributed by atoms with Crippen molar-refractivity contribution in [3.63, 3.8) is 0 Å². The Kier molecular flexibility index (Phi) is 26.9. The first-order chi connectivity index (χ1) is 45.2. The van der Waals surface area contributed by atoms with Gasteiger partial charge in [-0.1, -0.05) is 74.5 Å². The fourth-order valence-corrected chi connectivity index (χ4v) is 10.3. The summed E-state index contributed by atoms with van der Waals surface area (Å²) in [6.07, 6.45) is 0.140. The number of nitrogens with zero attached hydrogens (tertiary/aromatic N) is 1. The molecule has 4 aromatic carbocycles. The first kappa shape index (κ1) is 72.9. The summed E-state index contributed by atoms with van der Waals surface area (Å²) in [6.45, 7) is 6.00. The van der Waals surface area contributed by atoms with E-state index in [1.807, 2.05) is 24.3 Å². The van der Waals surface area contributed by atoms with Crippen molar-refractivity contribution in [3.05, 3.63) is 138 Å². The molecule has 0 radical (unpaired) electrons. The topological polar surface area (TPSA) is 483 Å². The predicted octanol–water partition coefficient (Wildman–Crippen LogP) is -1.02. The number of hydrogen-bond donors (Lipinski definition) is 18. The number of aliphatic imine (C=N–C) groups is 1. The molecule has 30 nitrogen and oxygen atoms in total. The Balaban J connectivity index is 1.17. The molecule has 0 unspecified atom stereocenters. The summed E-state index contributed by atoms with van der Waals surface area (Å²) in [5.74, 6) is -10.5. The lowest BCUT2D eigenvalue weighted by molar-refractivity contribution is -0.137. The minimum atomic E-state index is -1.96. The van der Waals surface area contributed by atoms with E-state index >= 15 is 0 Å². The average Bonchev–Trinajstić information content (AvgIpc) is 1.83. The third-order valence-corrected chi connectivity index (χ3v) is 15.1. The second-order valence-electron chi connectivity index (χ2n) is 23.1. The van der Waals surface area contributed by atoms with Gasteiger partial charge in [0.05, 0.1) is 12.5 Å². The number of carbonyl (C=O) groups excluding carboxylic acids is 11. The number of fused-ring (bicyclic) bond motifs is 2. The van der Waals surface area contributed by atoms with Crippen molar-refractivity contribution in [2.45, 2.75) is 134 Å². The molecule has 2 heterocycles. The Morgan fingerprint density at radius 2 is 1.01 bits per heavy atom. The number of para-hydroxylation sites is 2. The number of amides is 12. The van der Waals surface area contributed by atoms with Crippen molar-refractivity contribution in [3.8, 4) is 5.75 Å². The summed E-state index contributed by atoms with van der Waals surface area (Å²) in [7, 11) is 1.47. The van der Waals surface area contributed by atoms with Crippen molar-refractivity contribution >= 4 is 92.9 Å². The molecule has 0 fully saturated rings. The molecule has 0 saturated carbocycles. The smallest absolute Gasteiger partial charge is 0.334 e. The van der Waals surface area contributed by atoms with Gasteiger partial charge in [0, 0.05) is 80.4 Å². The molecule has 0 aliphatic carbocycles. The van der Waals surface area contributed by atoms with E-state index in [4.69, 9.17) is 17.2 Å². The molecule has 12 amide bonds. The largest absolute Gasteiger partial charge is 0.508 e. The summed E-state index contributed by atoms with van der Waals surface area (Å²) < 4.78 is 14.1. The average molecular weight is 1320 g/mol. The number of halogens is 1. The summed E-state index contributed by atoms with van der Waals surface area (Å²) in [5.41, 5.74) is 24.9. The molecule has 0 aliphatic heterocycles. The molecule has 9 atom stereocenters. The fourth-order valence-electron chi connectivity index (χ4n) is 10.3. The van der Waals surface area contributed by atoms with Crippen LogP contribution in [0.5, 0.6) is 5.75 Å². The molecule has 95 heavy (non-hydrogen) atoms. The first-order valence-corrected chi connectivity index (χ1v) is 30.5. The van der Waals surface area contributed by atoms with Crippen LogP contribution >= 0.6 is 0 Å². The summed E-state index contributed by atoms with van der Waals surface area (Å²) in [4.78, 5) is 161. The van der Waals surface area contributed by atoms with Crippen LogP contribution in [0.1, 0.15) is 75.6 Å². The van der Waals surface area contributed by atoms with Gasteiger partial charge in [-0.05, 0) is 90.8 Å². The van der Waals surface area contributed by atoms with Gasteiger partial charge in [-0.2, -0.15) is 0 Å². The van der Waals surface area contributed by atoms with Gasteiger partial charge in [0.25, 0.3) is 5.91 Å². The van der Waals surface area contributed by atoms with Gasteiger partial charge < -0.3 is 85.2 Å². The van der Waals surface area contributed by atoms with Crippen LogP contribution < -0.4 is 75.9 Å². The second kappa shape index (κ2) is 35.1. The number of benzene rings is 4. The van der Waals surface area contributed by atoms with Gasteiger partial charge >= 0.3 is 6.03 Å². The number of hydrazine groups is 1. The summed E-state index contributed by atoms with van der Waals surface area (Å²) >= 11 is 0. The molecule has 6 aromatic rings. The number of rotatable bonds is 33. The molecule has 6 rings (SSSR count). The number of aromatic amines is 2. The standard InChI is InChI=1S/C64H82FN17O13/c1-33(2)25-48(57(89)74-46(15-10-24-70-63(68)69-5)56(88)75-47(55(67)87)28-38-31-71-44-13-8-6-11-42(38)44)79-64(95)82-81-61(93)50(27-36-16-20-40(65)21-17-36)78-62(94)54(34(3)83)80-60(92)52(30-53(66)86)77-59(91)51(29-39-32-72-45-14-9-7-12-43(39)45)76-58(90)49(73-35(4)84)26-37-18-22-41(85)23-19-37/h6-9,11-14,16-23,31-34,46-52,54,71-72,83,85H,10,15,24-30H2,1-5H3,(H2,66,86)(H2,67,87)(H,73,84)(H,74,89)(H,75,88)(H,76,90)(H,77,91)(H,78,94)(H,80,92)(H,81,93)(H3,68,69,70)(H2,79,82,95)/t34-,46+,47+,48+,49-,50+,51-,52+,54+/m1/s1. The van der Waals surface area contributed by atoms with E-state index in [2.05, 4.69) is 73.7 Å². The Morgan fingerprint density at radius 3 is 1.55 bits per heavy atom. The lowest BCUT2D eigenvalue weighted by Gasteiger charge is -2.28. The molecule has 21 N–H and O–H groups in total. The van der Waals surface area contributed by atoms with Crippen LogP contribution in [-0.4, -0.2) is 159 Å². The monoisotopic (exact) mass is 1320 g/mol. The van der Waals surface area contributed by atoms with E-state index in [1.54, 1.807) is 50.5 Å². The number of aromatic nitrogens is 2. The quantitative estimate of drug-likeness (QED) is 0.0102. The Morgan fingerprint density at radius 1 is 0.537 bits per heavy atom. The Labute approximate surface area is 545 Å². The lowest BCUT2D eigenvalue weighted by Crippen LogP contribution is -2.62. The number of phenolic OH excluding ortho intramolecular Hbond substituents is 1. The number of urea groups is 1. The maximum absolute atomic E-state index is 14.5. The van der Waals surface area contributed by atoms with E-state index in [0.29, 0.717) is 27.6 Å². The third kappa shape index (κ3) is 22.6. The van der Waals surface area contributed by atoms with Crippen LogP contribution in [0, 0.1) is 11.7 Å². The summed E-state index contributed by atoms with van der Waals surface area (Å²) in [6, 6.07) is 11.5. The minimum Gasteiger partial charge on any atom is -0.508 e. The maximum Gasteiger partial charge on any atom is 0.334 e. The number of hydrogen-bond acceptors (Lipinski definition) is 14. The van der Waals surface area contributed by atoms with E-state index in [9.17, 15) is 67.3 Å². The highest BCUT2D eigenvalue weighted by atomic mass is 19.1. The highest BCUT2D eigenvalue weighted by molar-refractivity contribution is 5.99. The van der Waals surface area contributed by atoms with Crippen LogP contribution in [0.2, 0.25) is 0 Å². The highest BCUT2D eigenvalue weighted by Gasteiger charge is 2.36. The van der Waals surface area contributed by atoms with E-state index in [1.165, 1.54) is 50.4 Å². The Bertz CT molecular complexity index is 3730. The van der Waals surface area contributed by atoms with Gasteiger partial charge in [-0.15, -0.1) is 0 Å². The van der Waals surface area contributed by atoms with Crippen LogP contribution in [0.4, 0.5) is 9.18 Å². The zero-order valence-corrected chi connectivity index (χ0v) is 53.0. The molecule has 0 bridgehead atoms. The van der Waals surface area contributed by atoms with Crippen LogP contribution in [0.3, 0.4) is 0 Å². The highest BCUT2D eigenvalue weighted by Crippen LogP contribution is 2.22. The third-order valence-electron chi connectivity index (χ3n) is 15.1. The van der Waals surface area contributed by atoms with Crippen LogP contribution in [-0.2, 0) is 73.6 Å². The number of aliphatic hydroxyl groups excluding tert-OH is 1. The van der Waals surface area contributed by atoms with Gasteiger partial charge in [0.1, 0.15) is 59.9 Å². The second-order valence-corrected chi connectivity index (χ2v) is 23.1. The van der Waals surface area contributed by atoms with Gasteiger partial charge in [-0.3, -0.25) is 58.4 Å². The minimum absolute atomic E-state index is 0.00303. The molecule has 0 saturated heterocycles. The normalized spacial score (nSPS) is 14.2. The first-order valence-electron chi connectivity index (χ1n) is 30.5. The Hall–Kier alpha value is -11.1. The number of H-pyrrole nitrogens is 2. The number of phenols is 1. The molecular weight excluding hydrogens is 1230 g/mol. The zero-order chi connectivity index (χ0) is 69.5. The van der Waals surface area contributed by atoms with Crippen molar-refractivity contribution < 1.29 is 67.3 Å². The maximum atomic E-state index is 14.5. The van der Waals surface area contributed by atoms with Crippen molar-refractivity contribution in [1.29, 1.82) is 0 Å². The number of nitrogens with two attached hydrogens (primary N) is 3. The van der Waals surface area contributed by atoms with Gasteiger partial charge in [0.15, 0.2) is 5.96 Å². The molecule has 0 aliphatic rings. The van der Waals surface area contributed by atoms with E-state index in [-0.39, 0.29) is 68.3 Å².